The maximum absolute atomic E-state index is 5.23. The number of para-hydroxylation sites is 3. The van der Waals surface area contributed by atoms with Crippen LogP contribution in [0.25, 0.3) is 122 Å². The molecule has 0 bridgehead atoms. The van der Waals surface area contributed by atoms with Gasteiger partial charge in [-0.3, -0.25) is 0 Å². The molecule has 0 fully saturated rings. The van der Waals surface area contributed by atoms with E-state index in [0.717, 1.165) is 50.5 Å². The standard InChI is InChI=1S/C64H42N4/c1-4-14-43(15-5-1)45-24-28-47(29-25-45)58-42-59(48-30-26-46(27-31-48)44-16-6-2-7-17-44)66-64(65-58)49-32-36-53(37-33-49)68-61-23-13-11-21-55(61)57-41-51(35-39-63(57)68)50-34-38-62-56(40-50)54-20-10-12-22-60(54)67(62)52-18-8-3-9-19-52/h1-42H. The Morgan fingerprint density at radius 3 is 1.03 bits per heavy atom. The molecule has 4 nitrogen and oxygen atoms in total. The summed E-state index contributed by atoms with van der Waals surface area (Å²) < 4.78 is 4.74. The van der Waals surface area contributed by atoms with Gasteiger partial charge in [-0.1, -0.05) is 176 Å². The molecule has 13 rings (SSSR count). The predicted molar refractivity (Wildman–Crippen MR) is 283 cm³/mol. The molecule has 0 saturated carbocycles. The molecule has 0 radical (unpaired) electrons. The molecule has 0 atom stereocenters. The minimum absolute atomic E-state index is 0.680. The van der Waals surface area contributed by atoms with Gasteiger partial charge >= 0.3 is 0 Å². The molecule has 0 aliphatic heterocycles. The first-order valence-corrected chi connectivity index (χ1v) is 23.1. The fourth-order valence-corrected chi connectivity index (χ4v) is 10.00. The summed E-state index contributed by atoms with van der Waals surface area (Å²) in [6, 6.07) is 91.0. The largest absolute Gasteiger partial charge is 0.309 e. The summed E-state index contributed by atoms with van der Waals surface area (Å²) in [7, 11) is 0. The van der Waals surface area contributed by atoms with Gasteiger partial charge in [0.2, 0.25) is 0 Å². The number of hydrogen-bond acceptors (Lipinski definition) is 2. The second kappa shape index (κ2) is 16.4. The number of benzene rings is 10. The molecule has 4 heteroatoms. The van der Waals surface area contributed by atoms with Crippen LogP contribution in [0.2, 0.25) is 0 Å². The van der Waals surface area contributed by atoms with Crippen LogP contribution in [-0.4, -0.2) is 19.1 Å². The lowest BCUT2D eigenvalue weighted by Crippen LogP contribution is -1.97. The van der Waals surface area contributed by atoms with E-state index in [-0.39, 0.29) is 0 Å². The van der Waals surface area contributed by atoms with Crippen LogP contribution in [0.5, 0.6) is 0 Å². The molecule has 0 spiro atoms. The molecule has 0 amide bonds. The molecule has 0 unspecified atom stereocenters. The molecule has 0 aliphatic carbocycles. The maximum Gasteiger partial charge on any atom is 0.160 e. The monoisotopic (exact) mass is 866 g/mol. The Balaban J connectivity index is 0.881. The van der Waals surface area contributed by atoms with Gasteiger partial charge < -0.3 is 9.13 Å². The molecule has 318 valence electrons. The van der Waals surface area contributed by atoms with E-state index in [1.807, 2.05) is 12.1 Å². The number of hydrogen-bond donors (Lipinski definition) is 0. The fraction of sp³-hybridized carbons (Fsp3) is 0. The smallest absolute Gasteiger partial charge is 0.160 e. The summed E-state index contributed by atoms with van der Waals surface area (Å²) in [4.78, 5) is 10.5. The Bertz CT molecular complexity index is 3860. The van der Waals surface area contributed by atoms with Gasteiger partial charge in [0.1, 0.15) is 0 Å². The molecule has 13 aromatic rings. The highest BCUT2D eigenvalue weighted by molar-refractivity contribution is 6.12. The van der Waals surface area contributed by atoms with Gasteiger partial charge in [0, 0.05) is 49.6 Å². The second-order valence-corrected chi connectivity index (χ2v) is 17.4. The van der Waals surface area contributed by atoms with Crippen LogP contribution in [0, 0.1) is 0 Å². The molecule has 68 heavy (non-hydrogen) atoms. The summed E-state index contributed by atoms with van der Waals surface area (Å²) in [5.74, 6) is 0.680. The number of fused-ring (bicyclic) bond motifs is 6. The maximum atomic E-state index is 5.23. The lowest BCUT2D eigenvalue weighted by Gasteiger charge is -2.12. The normalized spacial score (nSPS) is 11.5. The SMILES string of the molecule is c1ccc(-c2ccc(-c3cc(-c4ccc(-c5ccccc5)cc4)nc(-c4ccc(-n5c6ccccc6c6cc(-c7ccc8c(c7)c7ccccc7n8-c7ccccc7)ccc65)cc4)n3)cc2)cc1. The lowest BCUT2D eigenvalue weighted by molar-refractivity contribution is 1.16. The van der Waals surface area contributed by atoms with Crippen molar-refractivity contribution in [1.29, 1.82) is 0 Å². The van der Waals surface area contributed by atoms with Gasteiger partial charge in [-0.15, -0.1) is 0 Å². The number of rotatable bonds is 8. The third-order valence-corrected chi connectivity index (χ3v) is 13.4. The van der Waals surface area contributed by atoms with Crippen molar-refractivity contribution in [3.63, 3.8) is 0 Å². The third-order valence-electron chi connectivity index (χ3n) is 13.4. The van der Waals surface area contributed by atoms with Gasteiger partial charge in [-0.05, 0) is 112 Å². The minimum Gasteiger partial charge on any atom is -0.309 e. The average Bonchev–Trinajstić information content (AvgIpc) is 3.94. The highest BCUT2D eigenvalue weighted by Crippen LogP contribution is 2.39. The zero-order valence-electron chi connectivity index (χ0n) is 37.0. The van der Waals surface area contributed by atoms with Crippen molar-refractivity contribution in [3.8, 4) is 78.7 Å². The lowest BCUT2D eigenvalue weighted by atomic mass is 10.0. The summed E-state index contributed by atoms with van der Waals surface area (Å²) in [5.41, 5.74) is 18.8. The number of nitrogens with zero attached hydrogens (tertiary/aromatic N) is 4. The summed E-state index contributed by atoms with van der Waals surface area (Å²) >= 11 is 0. The van der Waals surface area contributed by atoms with E-state index in [1.165, 1.54) is 66.0 Å². The Morgan fingerprint density at radius 1 is 0.221 bits per heavy atom. The Hall–Kier alpha value is -9.12. The van der Waals surface area contributed by atoms with Crippen molar-refractivity contribution in [2.45, 2.75) is 0 Å². The highest BCUT2D eigenvalue weighted by Gasteiger charge is 2.17. The zero-order chi connectivity index (χ0) is 45.0. The summed E-state index contributed by atoms with van der Waals surface area (Å²) in [6.07, 6.45) is 0. The molecule has 3 heterocycles. The van der Waals surface area contributed by atoms with Crippen molar-refractivity contribution < 1.29 is 0 Å². The molecular formula is C64H42N4. The predicted octanol–water partition coefficient (Wildman–Crippen LogP) is 16.7. The van der Waals surface area contributed by atoms with Crippen LogP contribution in [-0.2, 0) is 0 Å². The average molecular weight is 867 g/mol. The Kier molecular flexibility index (Phi) is 9.47. The van der Waals surface area contributed by atoms with Crippen molar-refractivity contribution in [1.82, 2.24) is 19.1 Å². The van der Waals surface area contributed by atoms with E-state index >= 15 is 0 Å². The summed E-state index contributed by atoms with van der Waals surface area (Å²) in [5, 5.41) is 4.92. The summed E-state index contributed by atoms with van der Waals surface area (Å²) in [6.45, 7) is 0. The van der Waals surface area contributed by atoms with E-state index in [0.29, 0.717) is 5.82 Å². The zero-order valence-corrected chi connectivity index (χ0v) is 37.0. The molecule has 10 aromatic carbocycles. The van der Waals surface area contributed by atoms with Crippen LogP contribution >= 0.6 is 0 Å². The first kappa shape index (κ1) is 39.3. The molecule has 0 N–H and O–H groups in total. The van der Waals surface area contributed by atoms with Gasteiger partial charge in [0.25, 0.3) is 0 Å². The first-order valence-electron chi connectivity index (χ1n) is 23.1. The van der Waals surface area contributed by atoms with E-state index in [2.05, 4.69) is 252 Å². The molecule has 0 aliphatic rings. The van der Waals surface area contributed by atoms with Gasteiger partial charge in [0.05, 0.1) is 33.5 Å². The topological polar surface area (TPSA) is 35.6 Å². The van der Waals surface area contributed by atoms with Crippen molar-refractivity contribution in [2.75, 3.05) is 0 Å². The van der Waals surface area contributed by atoms with E-state index in [9.17, 15) is 0 Å². The molecule has 0 saturated heterocycles. The highest BCUT2D eigenvalue weighted by atomic mass is 15.0. The Labute approximate surface area is 394 Å². The van der Waals surface area contributed by atoms with E-state index in [1.54, 1.807) is 0 Å². The van der Waals surface area contributed by atoms with Crippen molar-refractivity contribution in [2.24, 2.45) is 0 Å². The first-order chi connectivity index (χ1) is 33.7. The minimum atomic E-state index is 0.680. The van der Waals surface area contributed by atoms with E-state index < -0.39 is 0 Å². The van der Waals surface area contributed by atoms with Gasteiger partial charge in [0.15, 0.2) is 5.82 Å². The van der Waals surface area contributed by atoms with Crippen LogP contribution in [0.15, 0.2) is 255 Å². The van der Waals surface area contributed by atoms with Crippen molar-refractivity contribution >= 4 is 43.6 Å². The van der Waals surface area contributed by atoms with Crippen molar-refractivity contribution in [3.05, 3.63) is 255 Å². The van der Waals surface area contributed by atoms with Crippen LogP contribution < -0.4 is 0 Å². The van der Waals surface area contributed by atoms with Crippen LogP contribution in [0.3, 0.4) is 0 Å². The quantitative estimate of drug-likeness (QED) is 0.153. The Morgan fingerprint density at radius 2 is 0.559 bits per heavy atom. The number of aromatic nitrogens is 4. The van der Waals surface area contributed by atoms with Crippen LogP contribution in [0.1, 0.15) is 0 Å². The fourth-order valence-electron chi connectivity index (χ4n) is 10.00. The van der Waals surface area contributed by atoms with Gasteiger partial charge in [-0.2, -0.15) is 0 Å². The second-order valence-electron chi connectivity index (χ2n) is 17.4. The van der Waals surface area contributed by atoms with Gasteiger partial charge in [-0.25, -0.2) is 9.97 Å². The van der Waals surface area contributed by atoms with Crippen LogP contribution in [0.4, 0.5) is 0 Å². The molecular weight excluding hydrogens is 825 g/mol. The van der Waals surface area contributed by atoms with E-state index in [4.69, 9.17) is 9.97 Å². The molecule has 3 aromatic heterocycles. The third kappa shape index (κ3) is 6.86.